The first-order valence-electron chi connectivity index (χ1n) is 4.91. The van der Waals surface area contributed by atoms with Gasteiger partial charge in [-0.1, -0.05) is 17.5 Å². The second-order valence-electron chi connectivity index (χ2n) is 3.84. The maximum atomic E-state index is 13.0. The maximum absolute atomic E-state index is 13.0. The van der Waals surface area contributed by atoms with Crippen molar-refractivity contribution in [3.05, 3.63) is 28.8 Å². The predicted molar refractivity (Wildman–Crippen MR) is 61.2 cm³/mol. The van der Waals surface area contributed by atoms with Gasteiger partial charge in [0.05, 0.1) is 17.3 Å². The first kappa shape index (κ1) is 11.2. The molecule has 1 aromatic rings. The molecule has 1 aliphatic rings. The standard InChI is InChI=1S/C12H10ClF2N/c1-2-9-3-4-11(10(13)7-9)16-6-5-12(14,15)8-16/h1,3-4,7H,5-6,8H2. The van der Waals surface area contributed by atoms with Gasteiger partial charge in [-0.25, -0.2) is 8.78 Å². The number of nitrogens with zero attached hydrogens (tertiary/aromatic N) is 1. The van der Waals surface area contributed by atoms with Gasteiger partial charge >= 0.3 is 0 Å². The van der Waals surface area contributed by atoms with Crippen molar-refractivity contribution in [2.75, 3.05) is 18.0 Å². The third-order valence-electron chi connectivity index (χ3n) is 2.62. The molecule has 1 aromatic carbocycles. The van der Waals surface area contributed by atoms with Gasteiger partial charge in [-0.15, -0.1) is 6.42 Å². The predicted octanol–water partition coefficient (Wildman–Crippen LogP) is 3.17. The number of anilines is 1. The second kappa shape index (κ2) is 3.95. The molecule has 84 valence electrons. The topological polar surface area (TPSA) is 3.24 Å². The van der Waals surface area contributed by atoms with Crippen LogP contribution >= 0.6 is 11.6 Å². The molecule has 1 nitrogen and oxygen atoms in total. The molecule has 1 heterocycles. The Morgan fingerprint density at radius 3 is 2.69 bits per heavy atom. The van der Waals surface area contributed by atoms with Crippen LogP contribution in [0.25, 0.3) is 0 Å². The van der Waals surface area contributed by atoms with E-state index < -0.39 is 5.92 Å². The smallest absolute Gasteiger partial charge is 0.266 e. The van der Waals surface area contributed by atoms with Crippen molar-refractivity contribution in [3.63, 3.8) is 0 Å². The minimum Gasteiger partial charge on any atom is -0.364 e. The van der Waals surface area contributed by atoms with Gasteiger partial charge in [0.25, 0.3) is 5.92 Å². The lowest BCUT2D eigenvalue weighted by Gasteiger charge is -2.19. The Hall–Kier alpha value is -1.27. The van der Waals surface area contributed by atoms with Crippen molar-refractivity contribution in [2.45, 2.75) is 12.3 Å². The summed E-state index contributed by atoms with van der Waals surface area (Å²) in [5.41, 5.74) is 1.28. The summed E-state index contributed by atoms with van der Waals surface area (Å²) in [5, 5.41) is 0.424. The van der Waals surface area contributed by atoms with E-state index >= 15 is 0 Å². The largest absolute Gasteiger partial charge is 0.364 e. The molecule has 0 amide bonds. The molecule has 0 saturated carbocycles. The van der Waals surface area contributed by atoms with Gasteiger partial charge in [0, 0.05) is 18.5 Å². The van der Waals surface area contributed by atoms with Crippen LogP contribution in [0.1, 0.15) is 12.0 Å². The molecule has 0 unspecified atom stereocenters. The van der Waals surface area contributed by atoms with E-state index in [-0.39, 0.29) is 13.0 Å². The van der Waals surface area contributed by atoms with E-state index in [1.807, 2.05) is 0 Å². The number of rotatable bonds is 1. The van der Waals surface area contributed by atoms with Gasteiger partial charge in [0.15, 0.2) is 0 Å². The van der Waals surface area contributed by atoms with Crippen LogP contribution in [-0.2, 0) is 0 Å². The molecular weight excluding hydrogens is 232 g/mol. The van der Waals surface area contributed by atoms with Gasteiger partial charge in [-0.2, -0.15) is 0 Å². The van der Waals surface area contributed by atoms with Gasteiger partial charge in [0.1, 0.15) is 0 Å². The zero-order valence-electron chi connectivity index (χ0n) is 8.51. The average molecular weight is 242 g/mol. The zero-order valence-corrected chi connectivity index (χ0v) is 9.27. The van der Waals surface area contributed by atoms with E-state index in [2.05, 4.69) is 5.92 Å². The minimum absolute atomic E-state index is 0.125. The Bertz CT molecular complexity index is 451. The highest BCUT2D eigenvalue weighted by Crippen LogP contribution is 2.34. The van der Waals surface area contributed by atoms with Crippen LogP contribution < -0.4 is 4.90 Å². The maximum Gasteiger partial charge on any atom is 0.266 e. The Balaban J connectivity index is 2.26. The lowest BCUT2D eigenvalue weighted by Crippen LogP contribution is -2.25. The highest BCUT2D eigenvalue weighted by atomic mass is 35.5. The molecule has 1 aliphatic heterocycles. The van der Waals surface area contributed by atoms with E-state index in [1.165, 1.54) is 0 Å². The molecule has 1 fully saturated rings. The summed E-state index contributed by atoms with van der Waals surface area (Å²) in [6, 6.07) is 5.02. The number of benzene rings is 1. The van der Waals surface area contributed by atoms with Crippen LogP contribution in [-0.4, -0.2) is 19.0 Å². The van der Waals surface area contributed by atoms with Gasteiger partial charge in [-0.05, 0) is 18.2 Å². The van der Waals surface area contributed by atoms with Gasteiger partial charge < -0.3 is 4.90 Å². The summed E-state index contributed by atoms with van der Waals surface area (Å²) in [6.45, 7) is 0.0459. The quantitative estimate of drug-likeness (QED) is 0.683. The summed E-state index contributed by atoms with van der Waals surface area (Å²) in [4.78, 5) is 1.59. The second-order valence-corrected chi connectivity index (χ2v) is 4.25. The fourth-order valence-electron chi connectivity index (χ4n) is 1.79. The van der Waals surface area contributed by atoms with Crippen molar-refractivity contribution >= 4 is 17.3 Å². The molecule has 0 aliphatic carbocycles. The van der Waals surface area contributed by atoms with Gasteiger partial charge in [-0.3, -0.25) is 0 Å². The van der Waals surface area contributed by atoms with Crippen LogP contribution in [0.15, 0.2) is 18.2 Å². The fraction of sp³-hybridized carbons (Fsp3) is 0.333. The van der Waals surface area contributed by atoms with Crippen LogP contribution in [0.4, 0.5) is 14.5 Å². The molecule has 1 saturated heterocycles. The third kappa shape index (κ3) is 2.12. The molecule has 16 heavy (non-hydrogen) atoms. The van der Waals surface area contributed by atoms with E-state index in [0.29, 0.717) is 22.8 Å². The first-order chi connectivity index (χ1) is 7.52. The number of hydrogen-bond donors (Lipinski definition) is 0. The van der Waals surface area contributed by atoms with E-state index in [0.717, 1.165) is 0 Å². The lowest BCUT2D eigenvalue weighted by atomic mass is 10.2. The van der Waals surface area contributed by atoms with Crippen molar-refractivity contribution in [1.29, 1.82) is 0 Å². The Kier molecular flexibility index (Phi) is 2.77. The van der Waals surface area contributed by atoms with Crippen molar-refractivity contribution in [1.82, 2.24) is 0 Å². The summed E-state index contributed by atoms with van der Waals surface area (Å²) >= 11 is 6.00. The molecule has 0 aromatic heterocycles. The van der Waals surface area contributed by atoms with Gasteiger partial charge in [0.2, 0.25) is 0 Å². The number of hydrogen-bond acceptors (Lipinski definition) is 1. The Morgan fingerprint density at radius 1 is 1.44 bits per heavy atom. The molecule has 0 atom stereocenters. The molecular formula is C12H10ClF2N. The summed E-state index contributed by atoms with van der Waals surface area (Å²) < 4.78 is 26.1. The number of terminal acetylenes is 1. The van der Waals surface area contributed by atoms with Crippen molar-refractivity contribution in [2.24, 2.45) is 0 Å². The van der Waals surface area contributed by atoms with E-state index in [1.54, 1.807) is 23.1 Å². The first-order valence-corrected chi connectivity index (χ1v) is 5.28. The lowest BCUT2D eigenvalue weighted by molar-refractivity contribution is 0.0257. The number of halogens is 3. The Labute approximate surface area is 98.0 Å². The van der Waals surface area contributed by atoms with Crippen LogP contribution in [0, 0.1) is 12.3 Å². The highest BCUT2D eigenvalue weighted by Gasteiger charge is 2.38. The molecule has 0 bridgehead atoms. The number of alkyl halides is 2. The Morgan fingerprint density at radius 2 is 2.19 bits per heavy atom. The SMILES string of the molecule is C#Cc1ccc(N2CCC(F)(F)C2)c(Cl)c1. The monoisotopic (exact) mass is 241 g/mol. The van der Waals surface area contributed by atoms with Crippen LogP contribution in [0.5, 0.6) is 0 Å². The summed E-state index contributed by atoms with van der Waals surface area (Å²) in [5.74, 6) is -0.166. The third-order valence-corrected chi connectivity index (χ3v) is 2.93. The zero-order chi connectivity index (χ0) is 11.8. The molecule has 0 spiro atoms. The fourth-order valence-corrected chi connectivity index (χ4v) is 2.09. The molecule has 0 radical (unpaired) electrons. The average Bonchev–Trinajstić information content (AvgIpc) is 2.58. The van der Waals surface area contributed by atoms with Crippen LogP contribution in [0.2, 0.25) is 5.02 Å². The summed E-state index contributed by atoms with van der Waals surface area (Å²) in [6.07, 6.45) is 5.10. The van der Waals surface area contributed by atoms with E-state index in [4.69, 9.17) is 18.0 Å². The highest BCUT2D eigenvalue weighted by molar-refractivity contribution is 6.33. The molecule has 2 rings (SSSR count). The molecule has 4 heteroatoms. The van der Waals surface area contributed by atoms with Crippen LogP contribution in [0.3, 0.4) is 0 Å². The van der Waals surface area contributed by atoms with Crippen molar-refractivity contribution < 1.29 is 8.78 Å². The van der Waals surface area contributed by atoms with Crippen molar-refractivity contribution in [3.8, 4) is 12.3 Å². The summed E-state index contributed by atoms with van der Waals surface area (Å²) in [7, 11) is 0. The minimum atomic E-state index is -2.62. The molecule has 0 N–H and O–H groups in total. The normalized spacial score (nSPS) is 18.5. The van der Waals surface area contributed by atoms with E-state index in [9.17, 15) is 8.78 Å².